The standard InChI is InChI=1S/C14H21N/c1-12-7-6-8-13(2)15(12)11-14-9-4-3-5-10-14/h3-5,9-10,12-13H,6-8,11H2,1-2H3/t12-,13-/m1/s1. The minimum atomic E-state index is 0.744. The fraction of sp³-hybridized carbons (Fsp3) is 0.571. The van der Waals surface area contributed by atoms with Gasteiger partial charge < -0.3 is 0 Å². The van der Waals surface area contributed by atoms with Crippen LogP contribution in [0.15, 0.2) is 30.3 Å². The molecular formula is C14H21N. The first-order valence-corrected chi connectivity index (χ1v) is 6.07. The van der Waals surface area contributed by atoms with E-state index in [9.17, 15) is 0 Å². The average Bonchev–Trinajstić information content (AvgIpc) is 2.25. The van der Waals surface area contributed by atoms with Crippen molar-refractivity contribution in [1.82, 2.24) is 4.90 Å². The van der Waals surface area contributed by atoms with Gasteiger partial charge in [-0.15, -0.1) is 0 Å². The maximum Gasteiger partial charge on any atom is 0.0239 e. The van der Waals surface area contributed by atoms with Crippen molar-refractivity contribution in [1.29, 1.82) is 0 Å². The number of nitrogens with zero attached hydrogens (tertiary/aromatic N) is 1. The van der Waals surface area contributed by atoms with Gasteiger partial charge in [0.15, 0.2) is 0 Å². The van der Waals surface area contributed by atoms with Crippen molar-refractivity contribution in [3.8, 4) is 0 Å². The maximum absolute atomic E-state index is 2.64. The quantitative estimate of drug-likeness (QED) is 0.711. The van der Waals surface area contributed by atoms with Crippen LogP contribution >= 0.6 is 0 Å². The van der Waals surface area contributed by atoms with Crippen LogP contribution in [0.1, 0.15) is 38.7 Å². The van der Waals surface area contributed by atoms with Gasteiger partial charge >= 0.3 is 0 Å². The third-order valence-electron chi connectivity index (χ3n) is 3.58. The van der Waals surface area contributed by atoms with E-state index in [1.54, 1.807) is 0 Å². The molecule has 0 unspecified atom stereocenters. The first-order chi connectivity index (χ1) is 7.27. The summed E-state index contributed by atoms with van der Waals surface area (Å²) in [5, 5.41) is 0. The van der Waals surface area contributed by atoms with Crippen LogP contribution in [-0.2, 0) is 6.54 Å². The summed E-state index contributed by atoms with van der Waals surface area (Å²) in [6.45, 7) is 5.83. The van der Waals surface area contributed by atoms with Gasteiger partial charge in [-0.1, -0.05) is 36.8 Å². The van der Waals surface area contributed by atoms with Crippen LogP contribution < -0.4 is 0 Å². The predicted octanol–water partition coefficient (Wildman–Crippen LogP) is 3.45. The second-order valence-corrected chi connectivity index (χ2v) is 4.79. The highest BCUT2D eigenvalue weighted by molar-refractivity contribution is 5.14. The second-order valence-electron chi connectivity index (χ2n) is 4.79. The highest BCUT2D eigenvalue weighted by atomic mass is 15.2. The Bertz CT molecular complexity index is 283. The molecule has 1 heterocycles. The van der Waals surface area contributed by atoms with Gasteiger partial charge in [-0.25, -0.2) is 0 Å². The topological polar surface area (TPSA) is 3.24 Å². The molecule has 1 fully saturated rings. The van der Waals surface area contributed by atoms with E-state index in [0.29, 0.717) is 0 Å². The third-order valence-corrected chi connectivity index (χ3v) is 3.58. The monoisotopic (exact) mass is 203 g/mol. The summed E-state index contributed by atoms with van der Waals surface area (Å²) < 4.78 is 0. The Labute approximate surface area is 93.1 Å². The zero-order chi connectivity index (χ0) is 10.7. The molecule has 1 nitrogen and oxygen atoms in total. The van der Waals surface area contributed by atoms with E-state index in [1.165, 1.54) is 24.8 Å². The molecular weight excluding hydrogens is 182 g/mol. The molecule has 0 aliphatic carbocycles. The SMILES string of the molecule is C[C@@H]1CCC[C@@H](C)N1Cc1ccccc1. The van der Waals surface area contributed by atoms with Crippen LogP contribution in [0.4, 0.5) is 0 Å². The van der Waals surface area contributed by atoms with E-state index in [2.05, 4.69) is 49.1 Å². The summed E-state index contributed by atoms with van der Waals surface area (Å²) in [6.07, 6.45) is 4.11. The van der Waals surface area contributed by atoms with Crippen molar-refractivity contribution >= 4 is 0 Å². The van der Waals surface area contributed by atoms with Gasteiger partial charge in [0.1, 0.15) is 0 Å². The van der Waals surface area contributed by atoms with Gasteiger partial charge in [-0.3, -0.25) is 4.90 Å². The molecule has 1 aliphatic rings. The first-order valence-electron chi connectivity index (χ1n) is 6.07. The van der Waals surface area contributed by atoms with Crippen molar-refractivity contribution in [2.75, 3.05) is 0 Å². The maximum atomic E-state index is 2.64. The number of hydrogen-bond donors (Lipinski definition) is 0. The minimum Gasteiger partial charge on any atom is -0.294 e. The molecule has 0 bridgehead atoms. The van der Waals surface area contributed by atoms with E-state index in [0.717, 1.165) is 18.6 Å². The molecule has 1 aromatic rings. The van der Waals surface area contributed by atoms with E-state index in [-0.39, 0.29) is 0 Å². The minimum absolute atomic E-state index is 0.744. The molecule has 1 aromatic carbocycles. The fourth-order valence-electron chi connectivity index (χ4n) is 2.58. The van der Waals surface area contributed by atoms with Crippen LogP contribution in [0.25, 0.3) is 0 Å². The molecule has 0 saturated carbocycles. The summed E-state index contributed by atoms with van der Waals surface area (Å²) in [5.74, 6) is 0. The molecule has 0 aromatic heterocycles. The normalized spacial score (nSPS) is 27.9. The summed E-state index contributed by atoms with van der Waals surface area (Å²) >= 11 is 0. The van der Waals surface area contributed by atoms with Crippen molar-refractivity contribution in [3.05, 3.63) is 35.9 Å². The largest absolute Gasteiger partial charge is 0.294 e. The van der Waals surface area contributed by atoms with Gasteiger partial charge in [0.25, 0.3) is 0 Å². The van der Waals surface area contributed by atoms with E-state index >= 15 is 0 Å². The lowest BCUT2D eigenvalue weighted by atomic mass is 9.97. The van der Waals surface area contributed by atoms with E-state index in [4.69, 9.17) is 0 Å². The Morgan fingerprint density at radius 2 is 1.67 bits per heavy atom. The molecule has 2 atom stereocenters. The third kappa shape index (κ3) is 2.60. The lowest BCUT2D eigenvalue weighted by Gasteiger charge is -2.39. The van der Waals surface area contributed by atoms with Crippen LogP contribution in [-0.4, -0.2) is 17.0 Å². The van der Waals surface area contributed by atoms with Crippen molar-refractivity contribution in [2.24, 2.45) is 0 Å². The molecule has 82 valence electrons. The molecule has 2 rings (SSSR count). The van der Waals surface area contributed by atoms with Crippen molar-refractivity contribution in [3.63, 3.8) is 0 Å². The summed E-state index contributed by atoms with van der Waals surface area (Å²) in [4.78, 5) is 2.64. The zero-order valence-electron chi connectivity index (χ0n) is 9.82. The Morgan fingerprint density at radius 1 is 1.07 bits per heavy atom. The van der Waals surface area contributed by atoms with Crippen LogP contribution in [0, 0.1) is 0 Å². The van der Waals surface area contributed by atoms with Gasteiger partial charge in [-0.05, 0) is 32.3 Å². The van der Waals surface area contributed by atoms with Gasteiger partial charge in [0, 0.05) is 18.6 Å². The molecule has 0 N–H and O–H groups in total. The Hall–Kier alpha value is -0.820. The number of likely N-dealkylation sites (tertiary alicyclic amines) is 1. The molecule has 15 heavy (non-hydrogen) atoms. The summed E-state index contributed by atoms with van der Waals surface area (Å²) in [7, 11) is 0. The lowest BCUT2D eigenvalue weighted by Crippen LogP contribution is -2.42. The highest BCUT2D eigenvalue weighted by Crippen LogP contribution is 2.24. The van der Waals surface area contributed by atoms with Crippen molar-refractivity contribution < 1.29 is 0 Å². The number of piperidine rings is 1. The lowest BCUT2D eigenvalue weighted by molar-refractivity contribution is 0.0953. The molecule has 1 saturated heterocycles. The smallest absolute Gasteiger partial charge is 0.0239 e. The number of rotatable bonds is 2. The van der Waals surface area contributed by atoms with Gasteiger partial charge in [0.05, 0.1) is 0 Å². The highest BCUT2D eigenvalue weighted by Gasteiger charge is 2.24. The molecule has 0 amide bonds. The predicted molar refractivity (Wildman–Crippen MR) is 64.8 cm³/mol. The number of benzene rings is 1. The summed E-state index contributed by atoms with van der Waals surface area (Å²) in [6, 6.07) is 12.3. The van der Waals surface area contributed by atoms with Crippen molar-refractivity contribution in [2.45, 2.75) is 51.7 Å². The Kier molecular flexibility index (Phi) is 3.42. The van der Waals surface area contributed by atoms with Crippen LogP contribution in [0.5, 0.6) is 0 Å². The summed E-state index contributed by atoms with van der Waals surface area (Å²) in [5.41, 5.74) is 1.44. The first kappa shape index (κ1) is 10.7. The molecule has 0 spiro atoms. The van der Waals surface area contributed by atoms with E-state index in [1.807, 2.05) is 0 Å². The Morgan fingerprint density at radius 3 is 2.27 bits per heavy atom. The molecule has 1 heteroatoms. The zero-order valence-corrected chi connectivity index (χ0v) is 9.82. The number of hydrogen-bond acceptors (Lipinski definition) is 1. The average molecular weight is 203 g/mol. The van der Waals surface area contributed by atoms with Gasteiger partial charge in [0.2, 0.25) is 0 Å². The van der Waals surface area contributed by atoms with Crippen LogP contribution in [0.2, 0.25) is 0 Å². The van der Waals surface area contributed by atoms with Crippen LogP contribution in [0.3, 0.4) is 0 Å². The Balaban J connectivity index is 2.03. The fourth-order valence-corrected chi connectivity index (χ4v) is 2.58. The molecule has 1 aliphatic heterocycles. The van der Waals surface area contributed by atoms with E-state index < -0.39 is 0 Å². The molecule has 0 radical (unpaired) electrons. The second kappa shape index (κ2) is 4.80. The van der Waals surface area contributed by atoms with Gasteiger partial charge in [-0.2, -0.15) is 0 Å².